The Morgan fingerprint density at radius 2 is 1.21 bits per heavy atom. The van der Waals surface area contributed by atoms with Gasteiger partial charge in [-0.3, -0.25) is 0 Å². The van der Waals surface area contributed by atoms with Crippen LogP contribution in [0.3, 0.4) is 0 Å². The van der Waals surface area contributed by atoms with Gasteiger partial charge in [-0.2, -0.15) is 0 Å². The van der Waals surface area contributed by atoms with Gasteiger partial charge in [-0.05, 0) is 6.42 Å². The van der Waals surface area contributed by atoms with E-state index >= 15 is 0 Å². The fraction of sp³-hybridized carbons (Fsp3) is 1.00. The number of unbranched alkanes of at least 4 members (excludes halogenated alkanes) is 14. The molecule has 0 aliphatic carbocycles. The molecule has 0 unspecified atom stereocenters. The van der Waals surface area contributed by atoms with Crippen molar-refractivity contribution >= 4 is 0 Å². The molecule has 1 saturated heterocycles. The van der Waals surface area contributed by atoms with Crippen molar-refractivity contribution < 1.29 is 24.8 Å². The van der Waals surface area contributed by atoms with Gasteiger partial charge in [-0.15, -0.1) is 0 Å². The molecule has 168 valence electrons. The summed E-state index contributed by atoms with van der Waals surface area (Å²) in [4.78, 5) is 0. The van der Waals surface area contributed by atoms with E-state index < -0.39 is 24.4 Å². The maximum Gasteiger partial charge on any atom is 0.114 e. The monoisotopic (exact) mass is 402 g/mol. The van der Waals surface area contributed by atoms with Crippen LogP contribution in [0.2, 0.25) is 0 Å². The van der Waals surface area contributed by atoms with Crippen LogP contribution in [0.25, 0.3) is 0 Å². The van der Waals surface area contributed by atoms with Crippen LogP contribution in [-0.4, -0.2) is 59.6 Å². The molecular formula is C23H46O5. The topological polar surface area (TPSA) is 79.2 Å². The first-order valence-corrected chi connectivity index (χ1v) is 11.9. The molecule has 5 nitrogen and oxygen atoms in total. The van der Waals surface area contributed by atoms with Gasteiger partial charge in [0.1, 0.15) is 24.4 Å². The van der Waals surface area contributed by atoms with E-state index in [1.807, 2.05) is 0 Å². The average molecular weight is 403 g/mol. The lowest BCUT2D eigenvalue weighted by Crippen LogP contribution is -2.55. The molecule has 1 heterocycles. The first-order chi connectivity index (χ1) is 13.7. The normalized spacial score (nSPS) is 25.3. The molecule has 4 atom stereocenters. The molecule has 28 heavy (non-hydrogen) atoms. The molecule has 0 aromatic rings. The second-order valence-electron chi connectivity index (χ2n) is 8.40. The van der Waals surface area contributed by atoms with Crippen LogP contribution in [0.4, 0.5) is 0 Å². The third-order valence-electron chi connectivity index (χ3n) is 5.82. The minimum absolute atomic E-state index is 0.103. The second-order valence-corrected chi connectivity index (χ2v) is 8.40. The summed E-state index contributed by atoms with van der Waals surface area (Å²) in [7, 11) is 0. The van der Waals surface area contributed by atoms with Gasteiger partial charge in [-0.1, -0.05) is 96.8 Å². The number of rotatable bonds is 18. The Balaban J connectivity index is 1.84. The predicted octanol–water partition coefficient (Wildman–Crippen LogP) is 4.36. The zero-order valence-corrected chi connectivity index (χ0v) is 18.2. The van der Waals surface area contributed by atoms with Gasteiger partial charge in [-0.25, -0.2) is 0 Å². The molecule has 0 amide bonds. The quantitative estimate of drug-likeness (QED) is 0.297. The van der Waals surface area contributed by atoms with E-state index in [1.54, 1.807) is 0 Å². The molecule has 1 aliphatic heterocycles. The maximum absolute atomic E-state index is 10.1. The largest absolute Gasteiger partial charge is 0.394 e. The Morgan fingerprint density at radius 1 is 0.750 bits per heavy atom. The highest BCUT2D eigenvalue weighted by atomic mass is 16.6. The van der Waals surface area contributed by atoms with E-state index in [0.29, 0.717) is 6.61 Å². The van der Waals surface area contributed by atoms with Gasteiger partial charge in [0, 0.05) is 6.61 Å². The Morgan fingerprint density at radius 3 is 1.68 bits per heavy atom. The van der Waals surface area contributed by atoms with Crippen molar-refractivity contribution in [1.82, 2.24) is 0 Å². The number of ether oxygens (including phenoxy) is 2. The van der Waals surface area contributed by atoms with Crippen LogP contribution in [0.5, 0.6) is 0 Å². The van der Waals surface area contributed by atoms with Crippen molar-refractivity contribution in [2.75, 3.05) is 19.8 Å². The van der Waals surface area contributed by atoms with Gasteiger partial charge in [0.05, 0.1) is 13.2 Å². The maximum atomic E-state index is 10.1. The van der Waals surface area contributed by atoms with E-state index in [9.17, 15) is 10.2 Å². The molecule has 0 saturated carbocycles. The number of aliphatic hydroxyl groups excluding tert-OH is 3. The molecule has 5 heteroatoms. The zero-order valence-electron chi connectivity index (χ0n) is 18.2. The van der Waals surface area contributed by atoms with Crippen molar-refractivity contribution in [2.24, 2.45) is 0 Å². The first kappa shape index (κ1) is 25.8. The van der Waals surface area contributed by atoms with E-state index in [0.717, 1.165) is 12.8 Å². The van der Waals surface area contributed by atoms with Crippen LogP contribution in [0.1, 0.15) is 103 Å². The van der Waals surface area contributed by atoms with E-state index in [1.165, 1.54) is 83.5 Å². The molecular weight excluding hydrogens is 356 g/mol. The molecule has 0 aromatic heterocycles. The van der Waals surface area contributed by atoms with Gasteiger partial charge < -0.3 is 24.8 Å². The van der Waals surface area contributed by atoms with E-state index in [2.05, 4.69) is 6.92 Å². The van der Waals surface area contributed by atoms with Crippen LogP contribution in [-0.2, 0) is 9.47 Å². The lowest BCUT2D eigenvalue weighted by molar-refractivity contribution is -0.210. The lowest BCUT2D eigenvalue weighted by atomic mass is 10.0. The van der Waals surface area contributed by atoms with Crippen molar-refractivity contribution in [3.8, 4) is 0 Å². The predicted molar refractivity (Wildman–Crippen MR) is 114 cm³/mol. The fourth-order valence-corrected chi connectivity index (χ4v) is 3.92. The minimum atomic E-state index is -0.968. The highest BCUT2D eigenvalue weighted by Crippen LogP contribution is 2.19. The van der Waals surface area contributed by atoms with Gasteiger partial charge >= 0.3 is 0 Å². The van der Waals surface area contributed by atoms with Crippen LogP contribution in [0, 0.1) is 0 Å². The summed E-state index contributed by atoms with van der Waals surface area (Å²) >= 11 is 0. The van der Waals surface area contributed by atoms with Crippen molar-refractivity contribution in [2.45, 2.75) is 128 Å². The van der Waals surface area contributed by atoms with Crippen molar-refractivity contribution in [1.29, 1.82) is 0 Å². The van der Waals surface area contributed by atoms with E-state index in [4.69, 9.17) is 14.6 Å². The summed E-state index contributed by atoms with van der Waals surface area (Å²) in [5.74, 6) is 0. The summed E-state index contributed by atoms with van der Waals surface area (Å²) in [5, 5.41) is 29.1. The summed E-state index contributed by atoms with van der Waals surface area (Å²) in [6.07, 6.45) is 16.7. The minimum Gasteiger partial charge on any atom is -0.394 e. The fourth-order valence-electron chi connectivity index (χ4n) is 3.92. The highest BCUT2D eigenvalue weighted by molar-refractivity contribution is 4.87. The molecule has 1 fully saturated rings. The summed E-state index contributed by atoms with van der Waals surface area (Å²) in [5.41, 5.74) is 0. The standard InChI is InChI=1S/C23H46O5/c1-2-3-4-5-6-7-8-9-10-11-12-13-14-15-16-17-27-23-20(25)19-28-21(18-24)22(23)26/h20-26H,2-19H2,1H3/t20-,21+,22+,23+/m0/s1. The Bertz CT molecular complexity index is 339. The Kier molecular flexibility index (Phi) is 16.3. The highest BCUT2D eigenvalue weighted by Gasteiger charge is 2.38. The number of hydrogen-bond donors (Lipinski definition) is 3. The van der Waals surface area contributed by atoms with Crippen molar-refractivity contribution in [3.63, 3.8) is 0 Å². The van der Waals surface area contributed by atoms with E-state index in [-0.39, 0.29) is 13.2 Å². The molecule has 1 rings (SSSR count). The molecule has 0 spiro atoms. The summed E-state index contributed by atoms with van der Waals surface area (Å²) < 4.78 is 10.8. The summed E-state index contributed by atoms with van der Waals surface area (Å²) in [6, 6.07) is 0. The van der Waals surface area contributed by atoms with Crippen LogP contribution < -0.4 is 0 Å². The smallest absolute Gasteiger partial charge is 0.114 e. The summed E-state index contributed by atoms with van der Waals surface area (Å²) in [6.45, 7) is 2.65. The Hall–Kier alpha value is -0.200. The molecule has 1 aliphatic rings. The molecule has 0 aromatic carbocycles. The van der Waals surface area contributed by atoms with Crippen LogP contribution in [0.15, 0.2) is 0 Å². The van der Waals surface area contributed by atoms with Crippen molar-refractivity contribution in [3.05, 3.63) is 0 Å². The van der Waals surface area contributed by atoms with Crippen LogP contribution >= 0.6 is 0 Å². The Labute approximate surface area is 172 Å². The lowest BCUT2D eigenvalue weighted by Gasteiger charge is -2.37. The van der Waals surface area contributed by atoms with Gasteiger partial charge in [0.25, 0.3) is 0 Å². The number of hydrogen-bond acceptors (Lipinski definition) is 5. The zero-order chi connectivity index (χ0) is 20.5. The third-order valence-corrected chi connectivity index (χ3v) is 5.82. The molecule has 0 radical (unpaired) electrons. The van der Waals surface area contributed by atoms with Gasteiger partial charge in [0.15, 0.2) is 0 Å². The second kappa shape index (κ2) is 17.6. The molecule has 3 N–H and O–H groups in total. The average Bonchev–Trinajstić information content (AvgIpc) is 2.70. The SMILES string of the molecule is CCCCCCCCCCCCCCCCCO[C@H]1[C@H](O)[C@@H](CO)OC[C@@H]1O. The molecule has 0 bridgehead atoms. The van der Waals surface area contributed by atoms with Gasteiger partial charge in [0.2, 0.25) is 0 Å². The first-order valence-electron chi connectivity index (χ1n) is 11.9. The number of aliphatic hydroxyl groups is 3. The third kappa shape index (κ3) is 11.7.